The SMILES string of the molecule is CC(C)N1CC(=N)CN(CC(F)(F)F)c2ccccc21. The van der Waals surface area contributed by atoms with Gasteiger partial charge in [0.25, 0.3) is 0 Å². The Labute approximate surface area is 116 Å². The third kappa shape index (κ3) is 3.23. The van der Waals surface area contributed by atoms with Crippen molar-refractivity contribution >= 4 is 17.1 Å². The van der Waals surface area contributed by atoms with Gasteiger partial charge in [0.1, 0.15) is 6.54 Å². The zero-order valence-electron chi connectivity index (χ0n) is 11.5. The molecule has 1 heterocycles. The Kier molecular flexibility index (Phi) is 3.92. The van der Waals surface area contributed by atoms with Gasteiger partial charge in [-0.15, -0.1) is 0 Å². The summed E-state index contributed by atoms with van der Waals surface area (Å²) in [5, 5.41) is 7.92. The predicted octanol–water partition coefficient (Wildman–Crippen LogP) is 3.30. The zero-order valence-corrected chi connectivity index (χ0v) is 11.5. The number of alkyl halides is 3. The minimum absolute atomic E-state index is 0.0136. The maximum atomic E-state index is 12.7. The summed E-state index contributed by atoms with van der Waals surface area (Å²) in [7, 11) is 0. The van der Waals surface area contributed by atoms with Crippen molar-refractivity contribution < 1.29 is 13.2 Å². The van der Waals surface area contributed by atoms with E-state index in [0.29, 0.717) is 17.9 Å². The molecule has 2 rings (SSSR count). The standard InChI is InChI=1S/C14H18F3N3/c1-10(2)20-8-11(18)7-19(9-14(15,16)17)12-5-3-4-6-13(12)20/h3-6,10,18H,7-9H2,1-2H3. The zero-order chi connectivity index (χ0) is 14.9. The molecule has 1 aromatic rings. The summed E-state index contributed by atoms with van der Waals surface area (Å²) < 4.78 is 38.2. The Bertz CT molecular complexity index is 497. The van der Waals surface area contributed by atoms with Crippen LogP contribution in [0.1, 0.15) is 13.8 Å². The molecule has 3 nitrogen and oxygen atoms in total. The van der Waals surface area contributed by atoms with Gasteiger partial charge in [0.2, 0.25) is 0 Å². The molecule has 0 unspecified atom stereocenters. The van der Waals surface area contributed by atoms with Crippen LogP contribution < -0.4 is 9.80 Å². The van der Waals surface area contributed by atoms with Crippen molar-refractivity contribution in [3.63, 3.8) is 0 Å². The summed E-state index contributed by atoms with van der Waals surface area (Å²) in [6.45, 7) is 3.30. The van der Waals surface area contributed by atoms with Crippen LogP contribution in [-0.4, -0.2) is 37.6 Å². The van der Waals surface area contributed by atoms with E-state index in [-0.39, 0.29) is 12.6 Å². The molecule has 0 bridgehead atoms. The van der Waals surface area contributed by atoms with Gasteiger partial charge in [-0.1, -0.05) is 12.1 Å². The Balaban J connectivity index is 2.44. The molecular formula is C14H18F3N3. The van der Waals surface area contributed by atoms with E-state index in [2.05, 4.69) is 0 Å². The van der Waals surface area contributed by atoms with Crippen molar-refractivity contribution in [2.75, 3.05) is 29.4 Å². The first kappa shape index (κ1) is 14.7. The van der Waals surface area contributed by atoms with Gasteiger partial charge in [0.05, 0.1) is 24.5 Å². The van der Waals surface area contributed by atoms with E-state index in [1.807, 2.05) is 30.9 Å². The Morgan fingerprint density at radius 2 is 1.75 bits per heavy atom. The molecule has 1 aliphatic heterocycles. The molecule has 0 saturated carbocycles. The van der Waals surface area contributed by atoms with Crippen molar-refractivity contribution in [2.45, 2.75) is 26.1 Å². The topological polar surface area (TPSA) is 30.3 Å². The maximum absolute atomic E-state index is 12.7. The average molecular weight is 285 g/mol. The van der Waals surface area contributed by atoms with E-state index >= 15 is 0 Å². The first-order chi connectivity index (χ1) is 9.28. The number of hydrogen-bond donors (Lipinski definition) is 1. The molecular weight excluding hydrogens is 267 g/mol. The lowest BCUT2D eigenvalue weighted by atomic mass is 10.2. The molecule has 0 fully saturated rings. The Hall–Kier alpha value is -1.72. The molecule has 0 spiro atoms. The fourth-order valence-corrected chi connectivity index (χ4v) is 2.45. The van der Waals surface area contributed by atoms with Crippen LogP contribution >= 0.6 is 0 Å². The largest absolute Gasteiger partial charge is 0.405 e. The van der Waals surface area contributed by atoms with Gasteiger partial charge >= 0.3 is 6.18 Å². The number of halogens is 3. The van der Waals surface area contributed by atoms with Gasteiger partial charge in [0.15, 0.2) is 0 Å². The minimum atomic E-state index is -4.28. The minimum Gasteiger partial charge on any atom is -0.362 e. The molecule has 0 radical (unpaired) electrons. The monoisotopic (exact) mass is 285 g/mol. The highest BCUT2D eigenvalue weighted by atomic mass is 19.4. The highest BCUT2D eigenvalue weighted by molar-refractivity contribution is 5.94. The van der Waals surface area contributed by atoms with Crippen molar-refractivity contribution in [1.29, 1.82) is 5.41 Å². The summed E-state index contributed by atoms with van der Waals surface area (Å²) in [6.07, 6.45) is -4.28. The normalized spacial score (nSPS) is 16.4. The number of fused-ring (bicyclic) bond motifs is 1. The Morgan fingerprint density at radius 3 is 2.30 bits per heavy atom. The lowest BCUT2D eigenvalue weighted by Gasteiger charge is -2.30. The van der Waals surface area contributed by atoms with Crippen LogP contribution in [0.4, 0.5) is 24.5 Å². The molecule has 1 N–H and O–H groups in total. The summed E-state index contributed by atoms with van der Waals surface area (Å²) >= 11 is 0. The summed E-state index contributed by atoms with van der Waals surface area (Å²) in [4.78, 5) is 3.20. The van der Waals surface area contributed by atoms with E-state index in [0.717, 1.165) is 5.69 Å². The molecule has 0 amide bonds. The molecule has 0 saturated heterocycles. The fraction of sp³-hybridized carbons (Fsp3) is 0.500. The van der Waals surface area contributed by atoms with Crippen molar-refractivity contribution in [3.8, 4) is 0 Å². The van der Waals surface area contributed by atoms with E-state index in [4.69, 9.17) is 5.41 Å². The predicted molar refractivity (Wildman–Crippen MR) is 74.9 cm³/mol. The van der Waals surface area contributed by atoms with Gasteiger partial charge in [-0.25, -0.2) is 0 Å². The van der Waals surface area contributed by atoms with Crippen LogP contribution in [0, 0.1) is 5.41 Å². The van der Waals surface area contributed by atoms with Gasteiger partial charge < -0.3 is 15.2 Å². The molecule has 0 aromatic heterocycles. The second-order valence-electron chi connectivity index (χ2n) is 5.29. The second-order valence-corrected chi connectivity index (χ2v) is 5.29. The first-order valence-electron chi connectivity index (χ1n) is 6.51. The number of anilines is 2. The van der Waals surface area contributed by atoms with Crippen LogP contribution in [0.3, 0.4) is 0 Å². The highest BCUT2D eigenvalue weighted by Gasteiger charge is 2.34. The van der Waals surface area contributed by atoms with E-state index in [1.54, 1.807) is 12.1 Å². The maximum Gasteiger partial charge on any atom is 0.405 e. The van der Waals surface area contributed by atoms with Gasteiger partial charge in [-0.2, -0.15) is 13.2 Å². The Morgan fingerprint density at radius 1 is 1.15 bits per heavy atom. The van der Waals surface area contributed by atoms with Crippen molar-refractivity contribution in [1.82, 2.24) is 0 Å². The van der Waals surface area contributed by atoms with Crippen LogP contribution in [0.25, 0.3) is 0 Å². The lowest BCUT2D eigenvalue weighted by Crippen LogP contribution is -2.38. The smallest absolute Gasteiger partial charge is 0.362 e. The number of hydrogen-bond acceptors (Lipinski definition) is 3. The average Bonchev–Trinajstić information content (AvgIpc) is 2.45. The molecule has 20 heavy (non-hydrogen) atoms. The van der Waals surface area contributed by atoms with E-state index < -0.39 is 12.7 Å². The second kappa shape index (κ2) is 5.34. The third-order valence-corrected chi connectivity index (χ3v) is 3.27. The van der Waals surface area contributed by atoms with Crippen LogP contribution in [0.5, 0.6) is 0 Å². The number of nitrogens with one attached hydrogen (secondary N) is 1. The van der Waals surface area contributed by atoms with Gasteiger partial charge in [0, 0.05) is 11.8 Å². The number of nitrogens with zero attached hydrogens (tertiary/aromatic N) is 2. The lowest BCUT2D eigenvalue weighted by molar-refractivity contribution is -0.119. The molecule has 0 aliphatic carbocycles. The van der Waals surface area contributed by atoms with Crippen LogP contribution in [0.2, 0.25) is 0 Å². The van der Waals surface area contributed by atoms with Crippen molar-refractivity contribution in [3.05, 3.63) is 24.3 Å². The fourth-order valence-electron chi connectivity index (χ4n) is 2.45. The number of para-hydroxylation sites is 2. The molecule has 6 heteroatoms. The summed E-state index contributed by atoms with van der Waals surface area (Å²) in [5.74, 6) is 0. The van der Waals surface area contributed by atoms with Crippen LogP contribution in [-0.2, 0) is 0 Å². The molecule has 1 aromatic carbocycles. The van der Waals surface area contributed by atoms with Gasteiger partial charge in [-0.05, 0) is 26.0 Å². The number of rotatable bonds is 2. The van der Waals surface area contributed by atoms with E-state index in [9.17, 15) is 13.2 Å². The molecule has 110 valence electrons. The molecule has 0 atom stereocenters. The quantitative estimate of drug-likeness (QED) is 0.903. The number of benzene rings is 1. The summed E-state index contributed by atoms with van der Waals surface area (Å²) in [5.41, 5.74) is 1.59. The van der Waals surface area contributed by atoms with Crippen molar-refractivity contribution in [2.24, 2.45) is 0 Å². The van der Waals surface area contributed by atoms with Gasteiger partial charge in [-0.3, -0.25) is 0 Å². The third-order valence-electron chi connectivity index (χ3n) is 3.27. The van der Waals surface area contributed by atoms with E-state index in [1.165, 1.54) is 4.90 Å². The molecule has 1 aliphatic rings. The first-order valence-corrected chi connectivity index (χ1v) is 6.51. The highest BCUT2D eigenvalue weighted by Crippen LogP contribution is 2.34. The summed E-state index contributed by atoms with van der Waals surface area (Å²) in [6, 6.07) is 7.18. The van der Waals surface area contributed by atoms with Crippen LogP contribution in [0.15, 0.2) is 24.3 Å².